The third-order valence-corrected chi connectivity index (χ3v) is 2.03. The van der Waals surface area contributed by atoms with Gasteiger partial charge >= 0.3 is 0 Å². The number of hydrogen-bond donors (Lipinski definition) is 2. The van der Waals surface area contributed by atoms with Crippen molar-refractivity contribution in [2.24, 2.45) is 0 Å². The molecule has 84 valence electrons. The Kier molecular flexibility index (Phi) is 3.65. The monoisotopic (exact) mass is 210 g/mol. The van der Waals surface area contributed by atoms with Crippen molar-refractivity contribution in [1.82, 2.24) is 15.0 Å². The topological polar surface area (TPSA) is 80.0 Å². The number of aromatic nitrogens is 3. The summed E-state index contributed by atoms with van der Waals surface area (Å²) in [4.78, 5) is 14.1. The lowest BCUT2D eigenvalue weighted by atomic mass is 10.3. The first-order valence-electron chi connectivity index (χ1n) is 4.98. The highest BCUT2D eigenvalue weighted by molar-refractivity contribution is 5.41. The van der Waals surface area contributed by atoms with E-state index >= 15 is 0 Å². The van der Waals surface area contributed by atoms with E-state index in [1.54, 1.807) is 4.90 Å². The molecule has 0 aliphatic heterocycles. The van der Waals surface area contributed by atoms with Gasteiger partial charge in [-0.3, -0.25) is 0 Å². The number of nitrogens with zero attached hydrogens (tertiary/aromatic N) is 4. The molecule has 1 aromatic rings. The third kappa shape index (κ3) is 3.23. The zero-order valence-electron chi connectivity index (χ0n) is 9.65. The normalized spacial score (nSPS) is 12.3. The van der Waals surface area contributed by atoms with Crippen LogP contribution < -0.4 is 16.0 Å². The minimum absolute atomic E-state index is 0.236. The van der Waals surface area contributed by atoms with Crippen LogP contribution in [0.4, 0.5) is 17.8 Å². The molecule has 0 amide bonds. The van der Waals surface area contributed by atoms with E-state index in [-0.39, 0.29) is 5.95 Å². The SMILES string of the molecule is CCC(C)Nc1nc(N)nc(N(C)C)n1. The van der Waals surface area contributed by atoms with Gasteiger partial charge in [0.05, 0.1) is 0 Å². The van der Waals surface area contributed by atoms with Crippen LogP contribution in [0.25, 0.3) is 0 Å². The highest BCUT2D eigenvalue weighted by Gasteiger charge is 2.07. The van der Waals surface area contributed by atoms with Crippen LogP contribution in [0.5, 0.6) is 0 Å². The highest BCUT2D eigenvalue weighted by atomic mass is 15.3. The van der Waals surface area contributed by atoms with Crippen molar-refractivity contribution >= 4 is 17.8 Å². The summed E-state index contributed by atoms with van der Waals surface area (Å²) in [6.07, 6.45) is 1.00. The maximum Gasteiger partial charge on any atom is 0.231 e. The van der Waals surface area contributed by atoms with Crippen LogP contribution in [-0.4, -0.2) is 35.1 Å². The minimum Gasteiger partial charge on any atom is -0.368 e. The second kappa shape index (κ2) is 4.77. The molecular weight excluding hydrogens is 192 g/mol. The van der Waals surface area contributed by atoms with E-state index in [0.717, 1.165) is 6.42 Å². The molecule has 0 spiro atoms. The summed E-state index contributed by atoms with van der Waals surface area (Å²) >= 11 is 0. The maximum absolute atomic E-state index is 5.59. The number of rotatable bonds is 4. The van der Waals surface area contributed by atoms with Crippen LogP contribution in [0, 0.1) is 0 Å². The van der Waals surface area contributed by atoms with Gasteiger partial charge in [0.1, 0.15) is 0 Å². The van der Waals surface area contributed by atoms with Crippen LogP contribution in [0.15, 0.2) is 0 Å². The number of hydrogen-bond acceptors (Lipinski definition) is 6. The Hall–Kier alpha value is -1.59. The van der Waals surface area contributed by atoms with Crippen molar-refractivity contribution in [3.05, 3.63) is 0 Å². The highest BCUT2D eigenvalue weighted by Crippen LogP contribution is 2.10. The van der Waals surface area contributed by atoms with Gasteiger partial charge in [0.25, 0.3) is 0 Å². The third-order valence-electron chi connectivity index (χ3n) is 2.03. The molecule has 1 rings (SSSR count). The molecule has 1 atom stereocenters. The van der Waals surface area contributed by atoms with Crippen molar-refractivity contribution in [3.63, 3.8) is 0 Å². The van der Waals surface area contributed by atoms with Crippen LogP contribution in [0.1, 0.15) is 20.3 Å². The molecule has 15 heavy (non-hydrogen) atoms. The lowest BCUT2D eigenvalue weighted by Gasteiger charge is -2.14. The Labute approximate surface area is 89.9 Å². The summed E-state index contributed by atoms with van der Waals surface area (Å²) in [5, 5.41) is 3.16. The first-order chi connectivity index (χ1) is 7.02. The second-order valence-corrected chi connectivity index (χ2v) is 3.67. The van der Waals surface area contributed by atoms with E-state index < -0.39 is 0 Å². The molecule has 1 aromatic heterocycles. The van der Waals surface area contributed by atoms with Gasteiger partial charge in [-0.2, -0.15) is 15.0 Å². The lowest BCUT2D eigenvalue weighted by molar-refractivity contribution is 0.750. The fourth-order valence-electron chi connectivity index (χ4n) is 0.968. The van der Waals surface area contributed by atoms with Crippen LogP contribution >= 0.6 is 0 Å². The first-order valence-corrected chi connectivity index (χ1v) is 4.98. The molecule has 0 bridgehead atoms. The van der Waals surface area contributed by atoms with E-state index in [1.165, 1.54) is 0 Å². The van der Waals surface area contributed by atoms with Gasteiger partial charge in [0.2, 0.25) is 17.8 Å². The summed E-state index contributed by atoms with van der Waals surface area (Å²) in [6, 6.07) is 0.321. The van der Waals surface area contributed by atoms with Crippen LogP contribution in [0.3, 0.4) is 0 Å². The largest absolute Gasteiger partial charge is 0.368 e. The lowest BCUT2D eigenvalue weighted by Crippen LogP contribution is -2.20. The number of nitrogens with one attached hydrogen (secondary N) is 1. The van der Waals surface area contributed by atoms with Crippen molar-refractivity contribution in [1.29, 1.82) is 0 Å². The summed E-state index contributed by atoms with van der Waals surface area (Å²) in [7, 11) is 3.73. The number of nitrogen functional groups attached to an aromatic ring is 1. The summed E-state index contributed by atoms with van der Waals surface area (Å²) in [6.45, 7) is 4.16. The van der Waals surface area contributed by atoms with Gasteiger partial charge in [-0.1, -0.05) is 6.92 Å². The predicted octanol–water partition coefficient (Wildman–Crippen LogP) is 0.730. The minimum atomic E-state index is 0.236. The van der Waals surface area contributed by atoms with E-state index in [4.69, 9.17) is 5.73 Å². The Bertz CT molecular complexity index is 324. The average Bonchev–Trinajstić information content (AvgIpc) is 2.16. The molecule has 1 unspecified atom stereocenters. The molecular formula is C9H18N6. The quantitative estimate of drug-likeness (QED) is 0.762. The maximum atomic E-state index is 5.59. The van der Waals surface area contributed by atoms with E-state index in [9.17, 15) is 0 Å². The zero-order chi connectivity index (χ0) is 11.4. The van der Waals surface area contributed by atoms with Gasteiger partial charge in [0, 0.05) is 20.1 Å². The molecule has 0 radical (unpaired) electrons. The van der Waals surface area contributed by atoms with E-state index in [2.05, 4.69) is 34.1 Å². The van der Waals surface area contributed by atoms with Gasteiger partial charge in [-0.25, -0.2) is 0 Å². The van der Waals surface area contributed by atoms with Gasteiger partial charge < -0.3 is 16.0 Å². The zero-order valence-corrected chi connectivity index (χ0v) is 9.65. The Balaban J connectivity index is 2.88. The summed E-state index contributed by atoms with van der Waals surface area (Å²) in [5.74, 6) is 1.33. The molecule has 0 aromatic carbocycles. The van der Waals surface area contributed by atoms with Crippen molar-refractivity contribution in [2.45, 2.75) is 26.3 Å². The fourth-order valence-corrected chi connectivity index (χ4v) is 0.968. The van der Waals surface area contributed by atoms with Crippen LogP contribution in [-0.2, 0) is 0 Å². The fraction of sp³-hybridized carbons (Fsp3) is 0.667. The molecule has 0 saturated carbocycles. The van der Waals surface area contributed by atoms with Gasteiger partial charge in [-0.15, -0.1) is 0 Å². The molecule has 1 heterocycles. The average molecular weight is 210 g/mol. The standard InChI is InChI=1S/C9H18N6/c1-5-6(2)11-8-12-7(10)13-9(14-8)15(3)4/h6H,5H2,1-4H3,(H3,10,11,12,13,14). The number of anilines is 3. The molecule has 0 aliphatic rings. The molecule has 0 aliphatic carbocycles. The van der Waals surface area contributed by atoms with Crippen molar-refractivity contribution in [3.8, 4) is 0 Å². The Morgan fingerprint density at radius 3 is 2.53 bits per heavy atom. The summed E-state index contributed by atoms with van der Waals surface area (Å²) < 4.78 is 0. The predicted molar refractivity (Wildman–Crippen MR) is 61.9 cm³/mol. The van der Waals surface area contributed by atoms with Crippen LogP contribution in [0.2, 0.25) is 0 Å². The Morgan fingerprint density at radius 2 is 2.00 bits per heavy atom. The summed E-state index contributed by atoms with van der Waals surface area (Å²) in [5.41, 5.74) is 5.59. The van der Waals surface area contributed by atoms with E-state index in [1.807, 2.05) is 14.1 Å². The first kappa shape index (κ1) is 11.5. The van der Waals surface area contributed by atoms with Gasteiger partial charge in [0.15, 0.2) is 0 Å². The smallest absolute Gasteiger partial charge is 0.231 e. The Morgan fingerprint density at radius 1 is 1.33 bits per heavy atom. The van der Waals surface area contributed by atoms with Crippen molar-refractivity contribution in [2.75, 3.05) is 30.0 Å². The molecule has 6 heteroatoms. The molecule has 0 saturated heterocycles. The number of nitrogens with two attached hydrogens (primary N) is 1. The molecule has 6 nitrogen and oxygen atoms in total. The molecule has 0 fully saturated rings. The van der Waals surface area contributed by atoms with Crippen molar-refractivity contribution < 1.29 is 0 Å². The van der Waals surface area contributed by atoms with E-state index in [0.29, 0.717) is 17.9 Å². The van der Waals surface area contributed by atoms with Gasteiger partial charge in [-0.05, 0) is 13.3 Å². The second-order valence-electron chi connectivity index (χ2n) is 3.67. The molecule has 3 N–H and O–H groups in total.